The zero-order valence-electron chi connectivity index (χ0n) is 20.6. The first-order valence-corrected chi connectivity index (χ1v) is 12.6. The van der Waals surface area contributed by atoms with Gasteiger partial charge in [-0.15, -0.1) is 0 Å². The van der Waals surface area contributed by atoms with Crippen LogP contribution in [-0.2, 0) is 20.9 Å². The molecule has 35 heavy (non-hydrogen) atoms. The molecule has 1 aliphatic heterocycles. The molecule has 2 atom stereocenters. The van der Waals surface area contributed by atoms with Crippen molar-refractivity contribution in [3.8, 4) is 0 Å². The largest absolute Gasteiger partial charge is 0.465 e. The van der Waals surface area contributed by atoms with E-state index in [1.165, 1.54) is 5.56 Å². The van der Waals surface area contributed by atoms with Gasteiger partial charge in [-0.05, 0) is 34.4 Å². The highest BCUT2D eigenvalue weighted by Gasteiger charge is 2.47. The molecule has 2 unspecified atom stereocenters. The van der Waals surface area contributed by atoms with Crippen LogP contribution < -0.4 is 0 Å². The lowest BCUT2D eigenvalue weighted by atomic mass is 9.68. The second-order valence-electron chi connectivity index (χ2n) is 11.3. The number of ether oxygens (including phenoxy) is 1. The fourth-order valence-corrected chi connectivity index (χ4v) is 6.19. The number of para-hydroxylation sites is 1. The predicted octanol–water partition coefficient (Wildman–Crippen LogP) is 6.70. The third-order valence-corrected chi connectivity index (χ3v) is 7.69. The molecule has 6 rings (SSSR count). The third kappa shape index (κ3) is 3.76. The van der Waals surface area contributed by atoms with Gasteiger partial charge in [0.15, 0.2) is 11.6 Å². The smallest absolute Gasteiger partial charge is 0.163 e. The minimum absolute atomic E-state index is 0.107. The number of fused-ring (bicyclic) bond motifs is 1. The Bertz CT molecular complexity index is 1420. The standard InChI is InChI=1S/C31H31NO3/c1-19-13-24(33)29-26(14-19)35-27-17-31(2,3)16-25(34)30(27)28(29)23-15-21-11-7-8-12-22(21)32(23)18-20-9-5-4-6-10-20/h4-12,15,19,28H,13-14,16-18H2,1-3H3. The molecule has 3 aliphatic rings. The minimum atomic E-state index is -0.381. The highest BCUT2D eigenvalue weighted by molar-refractivity contribution is 6.06. The summed E-state index contributed by atoms with van der Waals surface area (Å²) in [6.07, 6.45) is 2.42. The molecule has 2 aromatic carbocycles. The summed E-state index contributed by atoms with van der Waals surface area (Å²) in [4.78, 5) is 27.2. The van der Waals surface area contributed by atoms with Crippen molar-refractivity contribution in [1.82, 2.24) is 4.57 Å². The third-order valence-electron chi connectivity index (χ3n) is 7.69. The average molecular weight is 466 g/mol. The van der Waals surface area contributed by atoms with Gasteiger partial charge in [0, 0.05) is 54.6 Å². The first-order chi connectivity index (χ1) is 16.8. The van der Waals surface area contributed by atoms with Crippen molar-refractivity contribution in [2.24, 2.45) is 11.3 Å². The van der Waals surface area contributed by atoms with Gasteiger partial charge >= 0.3 is 0 Å². The number of aromatic nitrogens is 1. The van der Waals surface area contributed by atoms with Crippen molar-refractivity contribution in [3.63, 3.8) is 0 Å². The van der Waals surface area contributed by atoms with Crippen LogP contribution in [0.1, 0.15) is 63.6 Å². The predicted molar refractivity (Wildman–Crippen MR) is 137 cm³/mol. The van der Waals surface area contributed by atoms with Crippen LogP contribution in [0, 0.1) is 11.3 Å². The molecule has 178 valence electrons. The summed E-state index contributed by atoms with van der Waals surface area (Å²) in [5.41, 5.74) is 4.55. The molecule has 0 N–H and O–H groups in total. The van der Waals surface area contributed by atoms with Crippen molar-refractivity contribution in [2.45, 2.75) is 58.9 Å². The van der Waals surface area contributed by atoms with Crippen LogP contribution in [-0.4, -0.2) is 16.1 Å². The van der Waals surface area contributed by atoms with Crippen LogP contribution in [0.25, 0.3) is 10.9 Å². The Balaban J connectivity index is 1.60. The fraction of sp³-hybridized carbons (Fsp3) is 0.355. The maximum absolute atomic E-state index is 13.7. The molecule has 0 amide bonds. The highest BCUT2D eigenvalue weighted by Crippen LogP contribution is 2.52. The second-order valence-corrected chi connectivity index (χ2v) is 11.3. The van der Waals surface area contributed by atoms with E-state index in [0.717, 1.165) is 34.5 Å². The van der Waals surface area contributed by atoms with Crippen LogP contribution in [0.2, 0.25) is 0 Å². The van der Waals surface area contributed by atoms with E-state index in [1.807, 2.05) is 12.1 Å². The Morgan fingerprint density at radius 3 is 2.40 bits per heavy atom. The Labute approximate surface area is 206 Å². The van der Waals surface area contributed by atoms with Gasteiger partial charge in [-0.2, -0.15) is 0 Å². The lowest BCUT2D eigenvalue weighted by Gasteiger charge is -2.41. The zero-order valence-corrected chi connectivity index (χ0v) is 20.6. The lowest BCUT2D eigenvalue weighted by molar-refractivity contribution is -0.119. The van der Waals surface area contributed by atoms with E-state index in [9.17, 15) is 9.59 Å². The summed E-state index contributed by atoms with van der Waals surface area (Å²) < 4.78 is 8.73. The maximum atomic E-state index is 13.7. The molecule has 1 aromatic heterocycles. The quantitative estimate of drug-likeness (QED) is 0.432. The normalized spacial score (nSPS) is 23.9. The molecule has 0 radical (unpaired) electrons. The molecule has 0 bridgehead atoms. The van der Waals surface area contributed by atoms with Crippen LogP contribution in [0.5, 0.6) is 0 Å². The summed E-state index contributed by atoms with van der Waals surface area (Å²) in [5, 5.41) is 1.12. The van der Waals surface area contributed by atoms with E-state index in [-0.39, 0.29) is 28.8 Å². The molecule has 2 aliphatic carbocycles. The Morgan fingerprint density at radius 2 is 1.60 bits per heavy atom. The molecule has 0 saturated heterocycles. The number of nitrogens with zero attached hydrogens (tertiary/aromatic N) is 1. The SMILES string of the molecule is CC1CC(=O)C2=C(C1)OC1=C(C(=O)CC(C)(C)C1)C2c1cc2ccccc2n1Cc1ccccc1. The summed E-state index contributed by atoms with van der Waals surface area (Å²) in [6, 6.07) is 20.9. The number of carbonyl (C=O) groups is 2. The van der Waals surface area contributed by atoms with Gasteiger partial charge < -0.3 is 9.30 Å². The topological polar surface area (TPSA) is 48.3 Å². The molecule has 3 aromatic rings. The van der Waals surface area contributed by atoms with Crippen molar-refractivity contribution in [1.29, 1.82) is 0 Å². The van der Waals surface area contributed by atoms with Crippen molar-refractivity contribution in [3.05, 3.63) is 94.6 Å². The van der Waals surface area contributed by atoms with Crippen molar-refractivity contribution in [2.75, 3.05) is 0 Å². The van der Waals surface area contributed by atoms with E-state index >= 15 is 0 Å². The first-order valence-electron chi connectivity index (χ1n) is 12.6. The van der Waals surface area contributed by atoms with E-state index in [4.69, 9.17) is 4.74 Å². The summed E-state index contributed by atoms with van der Waals surface area (Å²) in [5.74, 6) is 1.63. The summed E-state index contributed by atoms with van der Waals surface area (Å²) in [6.45, 7) is 7.03. The second kappa shape index (κ2) is 8.08. The number of ketones is 2. The Kier molecular flexibility index (Phi) is 5.10. The van der Waals surface area contributed by atoms with E-state index < -0.39 is 0 Å². The number of Topliss-reactive ketones (excluding diaryl/α,β-unsaturated/α-hetero) is 2. The molecule has 2 heterocycles. The number of carbonyl (C=O) groups excluding carboxylic acids is 2. The van der Waals surface area contributed by atoms with Gasteiger partial charge in [0.25, 0.3) is 0 Å². The maximum Gasteiger partial charge on any atom is 0.163 e. The first kappa shape index (κ1) is 22.1. The summed E-state index contributed by atoms with van der Waals surface area (Å²) in [7, 11) is 0. The highest BCUT2D eigenvalue weighted by atomic mass is 16.5. The minimum Gasteiger partial charge on any atom is -0.465 e. The average Bonchev–Trinajstić information content (AvgIpc) is 3.15. The number of allylic oxidation sites excluding steroid dienone is 4. The summed E-state index contributed by atoms with van der Waals surface area (Å²) >= 11 is 0. The van der Waals surface area contributed by atoms with E-state index in [0.29, 0.717) is 37.0 Å². The monoisotopic (exact) mass is 465 g/mol. The number of hydrogen-bond donors (Lipinski definition) is 0. The molecule has 4 nitrogen and oxygen atoms in total. The molecule has 0 fully saturated rings. The van der Waals surface area contributed by atoms with Crippen LogP contribution in [0.4, 0.5) is 0 Å². The Hall–Kier alpha value is -3.40. The molecule has 4 heteroatoms. The lowest BCUT2D eigenvalue weighted by Crippen LogP contribution is -2.36. The molecule has 0 saturated carbocycles. The van der Waals surface area contributed by atoms with Gasteiger partial charge in [0.05, 0.1) is 5.92 Å². The van der Waals surface area contributed by atoms with Gasteiger partial charge in [-0.25, -0.2) is 0 Å². The number of benzene rings is 2. The van der Waals surface area contributed by atoms with E-state index in [2.05, 4.69) is 73.9 Å². The number of rotatable bonds is 3. The van der Waals surface area contributed by atoms with Crippen LogP contribution >= 0.6 is 0 Å². The zero-order chi connectivity index (χ0) is 24.3. The molecular formula is C31H31NO3. The van der Waals surface area contributed by atoms with Crippen LogP contribution in [0.15, 0.2) is 83.3 Å². The van der Waals surface area contributed by atoms with Crippen molar-refractivity contribution < 1.29 is 14.3 Å². The van der Waals surface area contributed by atoms with Gasteiger partial charge in [0.1, 0.15) is 11.5 Å². The van der Waals surface area contributed by atoms with Crippen molar-refractivity contribution >= 4 is 22.5 Å². The van der Waals surface area contributed by atoms with E-state index in [1.54, 1.807) is 0 Å². The van der Waals surface area contributed by atoms with Crippen LogP contribution in [0.3, 0.4) is 0 Å². The van der Waals surface area contributed by atoms with Gasteiger partial charge in [-0.3, -0.25) is 9.59 Å². The molecule has 0 spiro atoms. The van der Waals surface area contributed by atoms with Gasteiger partial charge in [-0.1, -0.05) is 69.3 Å². The number of hydrogen-bond acceptors (Lipinski definition) is 3. The Morgan fingerprint density at radius 1 is 0.886 bits per heavy atom. The van der Waals surface area contributed by atoms with Gasteiger partial charge in [0.2, 0.25) is 0 Å². The fourth-order valence-electron chi connectivity index (χ4n) is 6.19. The molecular weight excluding hydrogens is 434 g/mol.